The number of ether oxygens (including phenoxy) is 1. The second kappa shape index (κ2) is 5.63. The zero-order valence-corrected chi connectivity index (χ0v) is 12.7. The molecule has 0 aliphatic carbocycles. The summed E-state index contributed by atoms with van der Waals surface area (Å²) in [5.74, 6) is -0.205. The van der Waals surface area contributed by atoms with Gasteiger partial charge in [0.05, 0.1) is 22.8 Å². The highest BCUT2D eigenvalue weighted by molar-refractivity contribution is 9.10. The maximum atomic E-state index is 12.2. The number of nitrogens with one attached hydrogen (secondary N) is 3. The van der Waals surface area contributed by atoms with Crippen LogP contribution in [-0.4, -0.2) is 34.6 Å². The zero-order chi connectivity index (χ0) is 15.0. The summed E-state index contributed by atoms with van der Waals surface area (Å²) in [5.41, 5.74) is 7.14. The molecule has 2 heterocycles. The van der Waals surface area contributed by atoms with Crippen LogP contribution in [0, 0.1) is 0 Å². The first-order chi connectivity index (χ1) is 10.1. The van der Waals surface area contributed by atoms with Crippen LogP contribution < -0.4 is 16.7 Å². The number of carbonyl (C=O) groups is 1. The Morgan fingerprint density at radius 1 is 1.38 bits per heavy atom. The van der Waals surface area contributed by atoms with Gasteiger partial charge in [-0.1, -0.05) is 0 Å². The van der Waals surface area contributed by atoms with Gasteiger partial charge in [-0.15, -0.1) is 0 Å². The van der Waals surface area contributed by atoms with Crippen molar-refractivity contribution in [2.75, 3.05) is 11.9 Å². The summed E-state index contributed by atoms with van der Waals surface area (Å²) in [5, 5.41) is 2.81. The lowest BCUT2D eigenvalue weighted by Gasteiger charge is -2.13. The van der Waals surface area contributed by atoms with Crippen molar-refractivity contribution in [1.29, 1.82) is 0 Å². The van der Waals surface area contributed by atoms with E-state index in [1.807, 2.05) is 0 Å². The summed E-state index contributed by atoms with van der Waals surface area (Å²) in [4.78, 5) is 28.8. The van der Waals surface area contributed by atoms with Crippen LogP contribution in [0.4, 0.5) is 5.69 Å². The van der Waals surface area contributed by atoms with Crippen molar-refractivity contribution in [2.24, 2.45) is 5.73 Å². The number of aromatic amines is 2. The molecule has 2 unspecified atom stereocenters. The van der Waals surface area contributed by atoms with E-state index >= 15 is 0 Å². The lowest BCUT2D eigenvalue weighted by molar-refractivity contribution is -0.126. The molecule has 1 aliphatic heterocycles. The molecule has 1 fully saturated rings. The molecular weight excluding hydrogens is 340 g/mol. The lowest BCUT2D eigenvalue weighted by atomic mass is 10.2. The van der Waals surface area contributed by atoms with Crippen LogP contribution in [-0.2, 0) is 9.53 Å². The molecule has 112 valence electrons. The minimum atomic E-state index is -0.480. The first-order valence-corrected chi connectivity index (χ1v) is 7.44. The van der Waals surface area contributed by atoms with Gasteiger partial charge >= 0.3 is 5.69 Å². The molecule has 2 atom stereocenters. The SMILES string of the molecule is NCC1CCC(C(=O)Nc2cc3[nH]c(=O)[nH]c3cc2Br)O1. The Bertz CT molecular complexity index is 739. The number of H-pyrrole nitrogens is 2. The van der Waals surface area contributed by atoms with E-state index in [0.29, 0.717) is 34.2 Å². The Balaban J connectivity index is 1.79. The van der Waals surface area contributed by atoms with Crippen LogP contribution in [0.2, 0.25) is 0 Å². The van der Waals surface area contributed by atoms with E-state index in [4.69, 9.17) is 10.5 Å². The molecule has 1 aliphatic rings. The molecule has 1 aromatic heterocycles. The Hall–Kier alpha value is -1.64. The molecule has 0 radical (unpaired) electrons. The van der Waals surface area contributed by atoms with Gasteiger partial charge in [-0.05, 0) is 40.9 Å². The van der Waals surface area contributed by atoms with Gasteiger partial charge < -0.3 is 25.8 Å². The predicted octanol–water partition coefficient (Wildman–Crippen LogP) is 1.06. The summed E-state index contributed by atoms with van der Waals surface area (Å²) < 4.78 is 6.25. The Morgan fingerprint density at radius 3 is 2.76 bits per heavy atom. The van der Waals surface area contributed by atoms with Gasteiger partial charge in [0, 0.05) is 11.0 Å². The number of hydrogen-bond donors (Lipinski definition) is 4. The maximum absolute atomic E-state index is 12.2. The van der Waals surface area contributed by atoms with E-state index in [9.17, 15) is 9.59 Å². The van der Waals surface area contributed by atoms with Gasteiger partial charge in [-0.3, -0.25) is 4.79 Å². The molecule has 1 aromatic carbocycles. The quantitative estimate of drug-likeness (QED) is 0.659. The van der Waals surface area contributed by atoms with Gasteiger partial charge in [0.1, 0.15) is 6.10 Å². The largest absolute Gasteiger partial charge is 0.364 e. The standard InChI is InChI=1S/C13H15BrN4O3/c14-7-3-9-10(18-13(20)17-9)4-8(7)16-12(19)11-2-1-6(5-15)21-11/h3-4,6,11H,1-2,5,15H2,(H,16,19)(H2,17,18,20). The first kappa shape index (κ1) is 14.3. The number of halogens is 1. The topological polar surface area (TPSA) is 113 Å². The van der Waals surface area contributed by atoms with E-state index in [2.05, 4.69) is 31.2 Å². The molecule has 0 bridgehead atoms. The molecule has 5 N–H and O–H groups in total. The van der Waals surface area contributed by atoms with Crippen LogP contribution in [0.25, 0.3) is 11.0 Å². The van der Waals surface area contributed by atoms with Crippen molar-refractivity contribution in [3.8, 4) is 0 Å². The van der Waals surface area contributed by atoms with Crippen molar-refractivity contribution in [3.63, 3.8) is 0 Å². The second-order valence-corrected chi connectivity index (χ2v) is 5.86. The average molecular weight is 355 g/mol. The Labute approximate surface area is 128 Å². The monoisotopic (exact) mass is 354 g/mol. The number of fused-ring (bicyclic) bond motifs is 1. The van der Waals surface area contributed by atoms with Crippen LogP contribution in [0.1, 0.15) is 12.8 Å². The fourth-order valence-electron chi connectivity index (χ4n) is 2.44. The van der Waals surface area contributed by atoms with E-state index in [-0.39, 0.29) is 17.7 Å². The highest BCUT2D eigenvalue weighted by Crippen LogP contribution is 2.28. The molecule has 3 rings (SSSR count). The average Bonchev–Trinajstić information content (AvgIpc) is 3.04. The van der Waals surface area contributed by atoms with E-state index in [0.717, 1.165) is 6.42 Å². The molecular formula is C13H15BrN4O3. The third-order valence-corrected chi connectivity index (χ3v) is 4.18. The van der Waals surface area contributed by atoms with Gasteiger partial charge in [-0.2, -0.15) is 0 Å². The number of aromatic nitrogens is 2. The molecule has 1 saturated heterocycles. The van der Waals surface area contributed by atoms with Gasteiger partial charge in [-0.25, -0.2) is 4.79 Å². The van der Waals surface area contributed by atoms with Crippen molar-refractivity contribution in [2.45, 2.75) is 25.0 Å². The van der Waals surface area contributed by atoms with E-state index in [1.54, 1.807) is 12.1 Å². The number of anilines is 1. The number of rotatable bonds is 3. The fourth-order valence-corrected chi connectivity index (χ4v) is 2.88. The Kier molecular flexibility index (Phi) is 3.83. The number of benzene rings is 1. The number of amides is 1. The molecule has 0 spiro atoms. The number of hydrogen-bond acceptors (Lipinski definition) is 4. The van der Waals surface area contributed by atoms with Crippen LogP contribution in [0.3, 0.4) is 0 Å². The molecule has 1 amide bonds. The molecule has 2 aromatic rings. The third kappa shape index (κ3) is 2.87. The highest BCUT2D eigenvalue weighted by Gasteiger charge is 2.30. The number of imidazole rings is 1. The molecule has 8 heteroatoms. The summed E-state index contributed by atoms with van der Waals surface area (Å²) in [6.45, 7) is 0.421. The number of carbonyl (C=O) groups excluding carboxylic acids is 1. The van der Waals surface area contributed by atoms with Crippen LogP contribution >= 0.6 is 15.9 Å². The summed E-state index contributed by atoms with van der Waals surface area (Å²) in [6, 6.07) is 3.44. The first-order valence-electron chi connectivity index (χ1n) is 6.65. The fraction of sp³-hybridized carbons (Fsp3) is 0.385. The van der Waals surface area contributed by atoms with E-state index in [1.165, 1.54) is 0 Å². The normalized spacial score (nSPS) is 21.8. The third-order valence-electron chi connectivity index (χ3n) is 3.52. The number of nitrogens with two attached hydrogens (primary N) is 1. The summed E-state index contributed by atoms with van der Waals surface area (Å²) >= 11 is 3.38. The van der Waals surface area contributed by atoms with Crippen LogP contribution in [0.5, 0.6) is 0 Å². The van der Waals surface area contributed by atoms with Crippen molar-refractivity contribution < 1.29 is 9.53 Å². The minimum absolute atomic E-state index is 0.0484. The van der Waals surface area contributed by atoms with Crippen LogP contribution in [0.15, 0.2) is 21.4 Å². The van der Waals surface area contributed by atoms with Crippen molar-refractivity contribution in [1.82, 2.24) is 9.97 Å². The Morgan fingerprint density at radius 2 is 2.10 bits per heavy atom. The van der Waals surface area contributed by atoms with Gasteiger partial charge in [0.2, 0.25) is 0 Å². The molecule has 7 nitrogen and oxygen atoms in total. The van der Waals surface area contributed by atoms with E-state index < -0.39 is 6.10 Å². The minimum Gasteiger partial charge on any atom is -0.364 e. The highest BCUT2D eigenvalue weighted by atomic mass is 79.9. The maximum Gasteiger partial charge on any atom is 0.323 e. The summed E-state index contributed by atoms with van der Waals surface area (Å²) in [6.07, 6.45) is 0.924. The molecule has 21 heavy (non-hydrogen) atoms. The predicted molar refractivity (Wildman–Crippen MR) is 82.2 cm³/mol. The lowest BCUT2D eigenvalue weighted by Crippen LogP contribution is -2.29. The second-order valence-electron chi connectivity index (χ2n) is 5.01. The summed E-state index contributed by atoms with van der Waals surface area (Å²) in [7, 11) is 0. The van der Waals surface area contributed by atoms with Gasteiger partial charge in [0.25, 0.3) is 5.91 Å². The van der Waals surface area contributed by atoms with Crippen molar-refractivity contribution >= 4 is 38.6 Å². The zero-order valence-electron chi connectivity index (χ0n) is 11.1. The van der Waals surface area contributed by atoms with Gasteiger partial charge in [0.15, 0.2) is 0 Å². The molecule has 0 saturated carbocycles. The van der Waals surface area contributed by atoms with Crippen molar-refractivity contribution in [3.05, 3.63) is 27.1 Å². The smallest absolute Gasteiger partial charge is 0.323 e.